The first kappa shape index (κ1) is 22.7. The molecule has 8 heteroatoms. The molecule has 160 valence electrons. The Labute approximate surface area is 187 Å². The summed E-state index contributed by atoms with van der Waals surface area (Å²) in [6.07, 6.45) is 2.13. The fourth-order valence-electron chi connectivity index (χ4n) is 3.49. The SMILES string of the molecule is Cl.O=S(=O)(Oc1cc(OCC2CCNCC2)c2ccccc2c1)c1ccccc1Cl. The van der Waals surface area contributed by atoms with E-state index in [4.69, 9.17) is 20.5 Å². The van der Waals surface area contributed by atoms with Crippen molar-refractivity contribution in [2.24, 2.45) is 5.92 Å². The van der Waals surface area contributed by atoms with Gasteiger partial charge in [0.05, 0.1) is 11.6 Å². The first-order valence-corrected chi connectivity index (χ1v) is 11.4. The lowest BCUT2D eigenvalue weighted by atomic mass is 9.99. The Hall–Kier alpha value is -1.99. The van der Waals surface area contributed by atoms with E-state index in [1.54, 1.807) is 24.3 Å². The van der Waals surface area contributed by atoms with Crippen molar-refractivity contribution < 1.29 is 17.3 Å². The Balaban J connectivity index is 0.00000256. The van der Waals surface area contributed by atoms with Gasteiger partial charge in [-0.05, 0) is 55.4 Å². The summed E-state index contributed by atoms with van der Waals surface area (Å²) < 4.78 is 37.0. The molecule has 0 saturated carbocycles. The lowest BCUT2D eigenvalue weighted by molar-refractivity contribution is 0.217. The van der Waals surface area contributed by atoms with Crippen molar-refractivity contribution in [2.75, 3.05) is 19.7 Å². The molecule has 0 atom stereocenters. The third kappa shape index (κ3) is 5.19. The van der Waals surface area contributed by atoms with Crippen molar-refractivity contribution in [1.82, 2.24) is 5.32 Å². The number of hydrogen-bond acceptors (Lipinski definition) is 5. The average Bonchev–Trinajstić information content (AvgIpc) is 2.72. The average molecular weight is 468 g/mol. The number of piperidine rings is 1. The number of rotatable bonds is 6. The van der Waals surface area contributed by atoms with Crippen LogP contribution in [0.5, 0.6) is 11.5 Å². The molecule has 0 amide bonds. The summed E-state index contributed by atoms with van der Waals surface area (Å²) in [7, 11) is -4.06. The number of hydrogen-bond donors (Lipinski definition) is 1. The minimum Gasteiger partial charge on any atom is -0.493 e. The van der Waals surface area contributed by atoms with Gasteiger partial charge in [0.15, 0.2) is 0 Å². The molecule has 5 nitrogen and oxygen atoms in total. The van der Waals surface area contributed by atoms with E-state index in [1.807, 2.05) is 24.3 Å². The molecule has 3 aromatic carbocycles. The molecule has 1 fully saturated rings. The molecule has 3 aromatic rings. The largest absolute Gasteiger partial charge is 0.493 e. The minimum absolute atomic E-state index is 0. The van der Waals surface area contributed by atoms with Crippen LogP contribution in [0, 0.1) is 5.92 Å². The van der Waals surface area contributed by atoms with E-state index < -0.39 is 10.1 Å². The Kier molecular flexibility index (Phi) is 7.47. The summed E-state index contributed by atoms with van der Waals surface area (Å²) in [5, 5.41) is 5.23. The third-order valence-electron chi connectivity index (χ3n) is 5.04. The molecule has 1 aliphatic rings. The predicted molar refractivity (Wildman–Crippen MR) is 122 cm³/mol. The number of ether oxygens (including phenoxy) is 1. The van der Waals surface area contributed by atoms with Gasteiger partial charge in [0.2, 0.25) is 0 Å². The molecule has 1 heterocycles. The molecule has 1 saturated heterocycles. The van der Waals surface area contributed by atoms with Gasteiger partial charge in [-0.15, -0.1) is 12.4 Å². The summed E-state index contributed by atoms with van der Waals surface area (Å²) in [4.78, 5) is -0.0630. The van der Waals surface area contributed by atoms with Gasteiger partial charge in [-0.2, -0.15) is 8.42 Å². The fourth-order valence-corrected chi connectivity index (χ4v) is 4.90. The van der Waals surface area contributed by atoms with Gasteiger partial charge < -0.3 is 14.2 Å². The van der Waals surface area contributed by atoms with Gasteiger partial charge in [0.1, 0.15) is 16.4 Å². The van der Waals surface area contributed by atoms with E-state index in [-0.39, 0.29) is 28.1 Å². The van der Waals surface area contributed by atoms with Crippen molar-refractivity contribution in [2.45, 2.75) is 17.7 Å². The van der Waals surface area contributed by atoms with E-state index in [9.17, 15) is 8.42 Å². The van der Waals surface area contributed by atoms with Crippen LogP contribution < -0.4 is 14.2 Å². The second-order valence-electron chi connectivity index (χ2n) is 7.11. The second kappa shape index (κ2) is 9.88. The molecular weight excluding hydrogens is 445 g/mol. The quantitative estimate of drug-likeness (QED) is 0.513. The maximum absolute atomic E-state index is 12.7. The van der Waals surface area contributed by atoms with Crippen LogP contribution in [0.4, 0.5) is 0 Å². The molecule has 0 spiro atoms. The van der Waals surface area contributed by atoms with Crippen molar-refractivity contribution in [3.63, 3.8) is 0 Å². The highest BCUT2D eigenvalue weighted by Gasteiger charge is 2.21. The Morgan fingerprint density at radius 2 is 1.70 bits per heavy atom. The molecule has 0 aliphatic carbocycles. The van der Waals surface area contributed by atoms with Crippen LogP contribution in [0.1, 0.15) is 12.8 Å². The fraction of sp³-hybridized carbons (Fsp3) is 0.273. The summed E-state index contributed by atoms with van der Waals surface area (Å²) in [5.41, 5.74) is 0. The van der Waals surface area contributed by atoms with Crippen molar-refractivity contribution in [1.29, 1.82) is 0 Å². The van der Waals surface area contributed by atoms with E-state index >= 15 is 0 Å². The van der Waals surface area contributed by atoms with Crippen molar-refractivity contribution in [3.05, 3.63) is 65.7 Å². The monoisotopic (exact) mass is 467 g/mol. The number of nitrogens with one attached hydrogen (secondary N) is 1. The smallest absolute Gasteiger partial charge is 0.340 e. The van der Waals surface area contributed by atoms with Gasteiger partial charge in [-0.1, -0.05) is 48.0 Å². The first-order chi connectivity index (χ1) is 14.0. The van der Waals surface area contributed by atoms with Crippen LogP contribution in [0.25, 0.3) is 10.8 Å². The molecule has 4 rings (SSSR count). The Morgan fingerprint density at radius 1 is 1.00 bits per heavy atom. The highest BCUT2D eigenvalue weighted by molar-refractivity contribution is 7.87. The van der Waals surface area contributed by atoms with Crippen LogP contribution in [0.3, 0.4) is 0 Å². The zero-order chi connectivity index (χ0) is 20.3. The highest BCUT2D eigenvalue weighted by atomic mass is 35.5. The molecule has 0 radical (unpaired) electrons. The Morgan fingerprint density at radius 3 is 2.47 bits per heavy atom. The highest BCUT2D eigenvalue weighted by Crippen LogP contribution is 2.34. The maximum atomic E-state index is 12.7. The summed E-state index contributed by atoms with van der Waals surface area (Å²) in [5.74, 6) is 1.29. The number of halogens is 2. The molecule has 0 aromatic heterocycles. The van der Waals surface area contributed by atoms with Crippen LogP contribution in [-0.2, 0) is 10.1 Å². The lowest BCUT2D eigenvalue weighted by Crippen LogP contribution is -2.30. The van der Waals surface area contributed by atoms with Crippen molar-refractivity contribution in [3.8, 4) is 11.5 Å². The zero-order valence-electron chi connectivity index (χ0n) is 16.2. The van der Waals surface area contributed by atoms with E-state index in [2.05, 4.69) is 5.32 Å². The molecule has 1 aliphatic heterocycles. The van der Waals surface area contributed by atoms with Crippen molar-refractivity contribution >= 4 is 44.9 Å². The van der Waals surface area contributed by atoms with Crippen LogP contribution in [0.15, 0.2) is 65.6 Å². The zero-order valence-corrected chi connectivity index (χ0v) is 18.6. The topological polar surface area (TPSA) is 64.6 Å². The predicted octanol–water partition coefficient (Wildman–Crippen LogP) is 5.06. The van der Waals surface area contributed by atoms with E-state index in [1.165, 1.54) is 12.1 Å². The summed E-state index contributed by atoms with van der Waals surface area (Å²) in [6.45, 7) is 2.58. The van der Waals surface area contributed by atoms with Gasteiger partial charge in [0.25, 0.3) is 0 Å². The standard InChI is InChI=1S/C22H22ClNO4S.ClH/c23-20-7-3-4-8-22(20)29(25,26)28-18-13-17-5-1-2-6-19(17)21(14-18)27-15-16-9-11-24-12-10-16;/h1-8,13-14,16,24H,9-12,15H2;1H. The van der Waals surface area contributed by atoms with Gasteiger partial charge >= 0.3 is 10.1 Å². The molecule has 0 bridgehead atoms. The van der Waals surface area contributed by atoms with E-state index in [0.29, 0.717) is 18.3 Å². The Bertz CT molecular complexity index is 1120. The van der Waals surface area contributed by atoms with Gasteiger partial charge in [-0.3, -0.25) is 0 Å². The summed E-state index contributed by atoms with van der Waals surface area (Å²) >= 11 is 6.05. The lowest BCUT2D eigenvalue weighted by Gasteiger charge is -2.23. The molecular formula is C22H23Cl2NO4S. The molecule has 0 unspecified atom stereocenters. The van der Waals surface area contributed by atoms with E-state index in [0.717, 1.165) is 36.7 Å². The second-order valence-corrected chi connectivity index (χ2v) is 9.04. The van der Waals surface area contributed by atoms with Gasteiger partial charge in [0, 0.05) is 11.5 Å². The normalized spacial score (nSPS) is 14.8. The molecule has 30 heavy (non-hydrogen) atoms. The minimum atomic E-state index is -4.06. The maximum Gasteiger partial charge on any atom is 0.340 e. The number of fused-ring (bicyclic) bond motifs is 1. The number of benzene rings is 3. The van der Waals surface area contributed by atoms with Crippen LogP contribution >= 0.6 is 24.0 Å². The molecule has 1 N–H and O–H groups in total. The third-order valence-corrected chi connectivity index (χ3v) is 6.79. The summed E-state index contributed by atoms with van der Waals surface area (Å²) in [6, 6.07) is 17.2. The van der Waals surface area contributed by atoms with Gasteiger partial charge in [-0.25, -0.2) is 0 Å². The van der Waals surface area contributed by atoms with Crippen LogP contribution in [-0.4, -0.2) is 28.1 Å². The van der Waals surface area contributed by atoms with Crippen LogP contribution in [0.2, 0.25) is 5.02 Å². The first-order valence-electron chi connectivity index (χ1n) is 9.58.